The van der Waals surface area contributed by atoms with Crippen LogP contribution in [-0.2, 0) is 6.54 Å². The Kier molecular flexibility index (Phi) is 3.30. The summed E-state index contributed by atoms with van der Waals surface area (Å²) in [7, 11) is 0. The van der Waals surface area contributed by atoms with Crippen LogP contribution in [0.2, 0.25) is 0 Å². The Hall–Kier alpha value is -2.33. The van der Waals surface area contributed by atoms with Gasteiger partial charge in [0.2, 0.25) is 0 Å². The summed E-state index contributed by atoms with van der Waals surface area (Å²) >= 11 is 1.14. The molecule has 2 aromatic rings. The summed E-state index contributed by atoms with van der Waals surface area (Å²) in [6.45, 7) is 0.252. The van der Waals surface area contributed by atoms with Crippen molar-refractivity contribution in [2.45, 2.75) is 6.54 Å². The fraction of sp³-hybridized carbons (Fsp3) is 0.125. The normalized spacial score (nSPS) is 10.3. The van der Waals surface area contributed by atoms with Crippen molar-refractivity contribution in [2.75, 3.05) is 0 Å². The van der Waals surface area contributed by atoms with Gasteiger partial charge >= 0.3 is 5.82 Å². The highest BCUT2D eigenvalue weighted by atomic mass is 32.1. The lowest BCUT2D eigenvalue weighted by Crippen LogP contribution is -2.29. The maximum absolute atomic E-state index is 11.2. The molecule has 0 aliphatic heterocycles. The Bertz CT molecular complexity index is 591. The number of aromatic nitrogens is 3. The van der Waals surface area contributed by atoms with E-state index in [-0.39, 0.29) is 17.4 Å². The SMILES string of the molecule is NNC(=O)c1nc(Cn2ccc([N+](=O)[O-])n2)cs1. The number of thiazole rings is 1. The van der Waals surface area contributed by atoms with E-state index in [9.17, 15) is 14.9 Å². The predicted molar refractivity (Wildman–Crippen MR) is 61.8 cm³/mol. The molecule has 10 heteroatoms. The van der Waals surface area contributed by atoms with E-state index in [0.717, 1.165) is 11.3 Å². The minimum absolute atomic E-state index is 0.231. The standard InChI is InChI=1S/C8H8N6O3S/c9-11-7(15)8-10-5(4-18-8)3-13-2-1-6(12-13)14(16)17/h1-2,4H,3,9H2,(H,11,15). The molecule has 94 valence electrons. The smallest absolute Gasteiger partial charge is 0.358 e. The minimum atomic E-state index is -0.579. The molecule has 0 saturated heterocycles. The topological polar surface area (TPSA) is 129 Å². The average molecular weight is 268 g/mol. The third-order valence-corrected chi connectivity index (χ3v) is 2.90. The van der Waals surface area contributed by atoms with E-state index in [0.29, 0.717) is 5.69 Å². The highest BCUT2D eigenvalue weighted by molar-refractivity contribution is 7.11. The first-order chi connectivity index (χ1) is 8.60. The average Bonchev–Trinajstić information content (AvgIpc) is 2.98. The van der Waals surface area contributed by atoms with Crippen LogP contribution >= 0.6 is 11.3 Å². The van der Waals surface area contributed by atoms with E-state index in [4.69, 9.17) is 5.84 Å². The van der Waals surface area contributed by atoms with Gasteiger partial charge in [-0.05, 0) is 4.92 Å². The second-order valence-corrected chi connectivity index (χ2v) is 4.10. The summed E-state index contributed by atoms with van der Waals surface area (Å²) in [6.07, 6.45) is 1.47. The summed E-state index contributed by atoms with van der Waals surface area (Å²) in [6, 6.07) is 1.29. The summed E-state index contributed by atoms with van der Waals surface area (Å²) < 4.78 is 1.37. The van der Waals surface area contributed by atoms with Gasteiger partial charge in [0.05, 0.1) is 23.1 Å². The lowest BCUT2D eigenvalue weighted by atomic mass is 10.5. The van der Waals surface area contributed by atoms with Gasteiger partial charge in [0, 0.05) is 5.38 Å². The number of nitrogen functional groups attached to an aromatic ring is 1. The largest absolute Gasteiger partial charge is 0.389 e. The van der Waals surface area contributed by atoms with Gasteiger partial charge in [-0.1, -0.05) is 0 Å². The molecule has 0 aliphatic rings. The summed E-state index contributed by atoms with van der Waals surface area (Å²) in [5.41, 5.74) is 2.55. The number of rotatable bonds is 4. The zero-order chi connectivity index (χ0) is 13.1. The summed E-state index contributed by atoms with van der Waals surface area (Å²) in [5, 5.41) is 16.1. The number of hydrazine groups is 1. The Morgan fingerprint density at radius 1 is 1.67 bits per heavy atom. The number of carbonyl (C=O) groups is 1. The van der Waals surface area contributed by atoms with Gasteiger partial charge in [-0.3, -0.25) is 10.2 Å². The van der Waals surface area contributed by atoms with Crippen molar-refractivity contribution in [2.24, 2.45) is 5.84 Å². The minimum Gasteiger partial charge on any atom is -0.358 e. The van der Waals surface area contributed by atoms with E-state index in [1.165, 1.54) is 16.9 Å². The number of amides is 1. The van der Waals surface area contributed by atoms with E-state index < -0.39 is 10.8 Å². The van der Waals surface area contributed by atoms with Gasteiger partial charge in [0.15, 0.2) is 5.01 Å². The van der Waals surface area contributed by atoms with Crippen LogP contribution in [0.5, 0.6) is 0 Å². The zero-order valence-electron chi connectivity index (χ0n) is 8.94. The molecule has 2 heterocycles. The molecular weight excluding hydrogens is 260 g/mol. The van der Waals surface area contributed by atoms with Gasteiger partial charge in [-0.2, -0.15) is 4.68 Å². The van der Waals surface area contributed by atoms with Crippen LogP contribution in [0, 0.1) is 10.1 Å². The van der Waals surface area contributed by atoms with E-state index in [1.807, 2.05) is 5.43 Å². The summed E-state index contributed by atoms with van der Waals surface area (Å²) in [4.78, 5) is 25.1. The highest BCUT2D eigenvalue weighted by Gasteiger charge is 2.14. The molecule has 9 nitrogen and oxygen atoms in total. The van der Waals surface area contributed by atoms with Gasteiger partial charge in [0.1, 0.15) is 6.54 Å². The fourth-order valence-electron chi connectivity index (χ4n) is 1.25. The number of nitrogens with one attached hydrogen (secondary N) is 1. The maximum Gasteiger partial charge on any atom is 0.389 e. The number of carbonyl (C=O) groups excluding carboxylic acids is 1. The lowest BCUT2D eigenvalue weighted by molar-refractivity contribution is -0.389. The molecule has 2 aromatic heterocycles. The molecule has 0 fully saturated rings. The van der Waals surface area contributed by atoms with Crippen LogP contribution < -0.4 is 11.3 Å². The van der Waals surface area contributed by atoms with Crippen LogP contribution in [0.25, 0.3) is 0 Å². The van der Waals surface area contributed by atoms with Crippen molar-refractivity contribution in [3.8, 4) is 0 Å². The Morgan fingerprint density at radius 2 is 2.44 bits per heavy atom. The van der Waals surface area contributed by atoms with Gasteiger partial charge in [0.25, 0.3) is 5.91 Å². The van der Waals surface area contributed by atoms with Gasteiger partial charge in [-0.25, -0.2) is 10.8 Å². The predicted octanol–water partition coefficient (Wildman–Crippen LogP) is -0.100. The zero-order valence-corrected chi connectivity index (χ0v) is 9.75. The van der Waals surface area contributed by atoms with Crippen LogP contribution in [-0.4, -0.2) is 25.6 Å². The molecule has 0 aromatic carbocycles. The van der Waals surface area contributed by atoms with E-state index >= 15 is 0 Å². The molecule has 18 heavy (non-hydrogen) atoms. The van der Waals surface area contributed by atoms with Gasteiger partial charge < -0.3 is 10.1 Å². The quantitative estimate of drug-likeness (QED) is 0.345. The van der Waals surface area contributed by atoms with E-state index in [2.05, 4.69) is 10.1 Å². The first-order valence-corrected chi connectivity index (χ1v) is 5.61. The van der Waals surface area contributed by atoms with Crippen molar-refractivity contribution in [3.63, 3.8) is 0 Å². The van der Waals surface area contributed by atoms with Crippen molar-refractivity contribution >= 4 is 23.1 Å². The number of hydrogen-bond acceptors (Lipinski definition) is 7. The lowest BCUT2D eigenvalue weighted by Gasteiger charge is -1.93. The number of hydrogen-bond donors (Lipinski definition) is 2. The first kappa shape index (κ1) is 12.1. The van der Waals surface area contributed by atoms with E-state index in [1.54, 1.807) is 5.38 Å². The Morgan fingerprint density at radius 3 is 3.06 bits per heavy atom. The third-order valence-electron chi connectivity index (χ3n) is 2.01. The Balaban J connectivity index is 2.11. The number of nitrogens with two attached hydrogens (primary N) is 1. The van der Waals surface area contributed by atoms with Gasteiger partial charge in [-0.15, -0.1) is 11.3 Å². The molecule has 1 amide bonds. The molecule has 0 saturated carbocycles. The molecule has 0 radical (unpaired) electrons. The van der Waals surface area contributed by atoms with Crippen molar-refractivity contribution in [1.82, 2.24) is 20.2 Å². The number of nitrogens with zero attached hydrogens (tertiary/aromatic N) is 4. The van der Waals surface area contributed by atoms with Crippen molar-refractivity contribution in [1.29, 1.82) is 0 Å². The molecule has 0 spiro atoms. The third kappa shape index (κ3) is 2.49. The monoisotopic (exact) mass is 268 g/mol. The Labute approximate surface area is 104 Å². The summed E-state index contributed by atoms with van der Waals surface area (Å²) in [5.74, 6) is 4.27. The second-order valence-electron chi connectivity index (χ2n) is 3.25. The fourth-order valence-corrected chi connectivity index (χ4v) is 1.96. The van der Waals surface area contributed by atoms with Crippen LogP contribution in [0.3, 0.4) is 0 Å². The maximum atomic E-state index is 11.2. The van der Waals surface area contributed by atoms with Crippen molar-refractivity contribution < 1.29 is 9.72 Å². The molecule has 0 atom stereocenters. The molecule has 0 bridgehead atoms. The second kappa shape index (κ2) is 4.89. The number of nitro groups is 1. The molecule has 0 aliphatic carbocycles. The van der Waals surface area contributed by atoms with Crippen LogP contribution in [0.15, 0.2) is 17.6 Å². The van der Waals surface area contributed by atoms with Crippen molar-refractivity contribution in [3.05, 3.63) is 38.5 Å². The van der Waals surface area contributed by atoms with Crippen LogP contribution in [0.4, 0.5) is 5.82 Å². The molecule has 0 unspecified atom stereocenters. The highest BCUT2D eigenvalue weighted by Crippen LogP contribution is 2.12. The molecule has 3 N–H and O–H groups in total. The molecule has 2 rings (SSSR count). The van der Waals surface area contributed by atoms with Crippen LogP contribution in [0.1, 0.15) is 15.5 Å². The first-order valence-electron chi connectivity index (χ1n) is 4.73. The molecular formula is C8H8N6O3S.